The molecule has 1 aromatic carbocycles. The van der Waals surface area contributed by atoms with Crippen LogP contribution in [0.4, 0.5) is 4.39 Å². The van der Waals surface area contributed by atoms with Gasteiger partial charge in [0.15, 0.2) is 0 Å². The fourth-order valence-electron chi connectivity index (χ4n) is 2.20. The van der Waals surface area contributed by atoms with Gasteiger partial charge in [0.2, 0.25) is 0 Å². The van der Waals surface area contributed by atoms with E-state index in [-0.39, 0.29) is 11.9 Å². The fourth-order valence-corrected chi connectivity index (χ4v) is 3.73. The Balaban J connectivity index is 2.51. The molecular formula is C14H14Cl2FNS. The van der Waals surface area contributed by atoms with Gasteiger partial charge in [0, 0.05) is 5.56 Å². The standard InChI is InChI=1S/C14H14Cl2FNS/c1-7-4-9(5-8(2)12(7)17)13(18-3)10-6-11(15)19-14(10)16/h4-6,13,18H,1-3H3. The Bertz CT molecular complexity index is 586. The Morgan fingerprint density at radius 2 is 1.74 bits per heavy atom. The van der Waals surface area contributed by atoms with Crippen molar-refractivity contribution in [3.63, 3.8) is 0 Å². The van der Waals surface area contributed by atoms with Crippen LogP contribution in [-0.4, -0.2) is 7.05 Å². The van der Waals surface area contributed by atoms with Crippen molar-refractivity contribution < 1.29 is 4.39 Å². The molecule has 0 bridgehead atoms. The largest absolute Gasteiger partial charge is 0.309 e. The van der Waals surface area contributed by atoms with Gasteiger partial charge in [0.25, 0.3) is 0 Å². The molecule has 19 heavy (non-hydrogen) atoms. The minimum atomic E-state index is -0.159. The smallest absolute Gasteiger partial charge is 0.129 e. The second kappa shape index (κ2) is 5.80. The number of nitrogens with one attached hydrogen (secondary N) is 1. The van der Waals surface area contributed by atoms with Crippen LogP contribution in [0.25, 0.3) is 0 Å². The summed E-state index contributed by atoms with van der Waals surface area (Å²) in [6, 6.07) is 5.44. The molecule has 0 amide bonds. The van der Waals surface area contributed by atoms with Crippen LogP contribution >= 0.6 is 34.5 Å². The van der Waals surface area contributed by atoms with E-state index in [1.807, 2.05) is 25.2 Å². The minimum Gasteiger partial charge on any atom is -0.309 e. The van der Waals surface area contributed by atoms with E-state index in [4.69, 9.17) is 23.2 Å². The molecule has 2 aromatic rings. The van der Waals surface area contributed by atoms with E-state index in [2.05, 4.69) is 5.32 Å². The monoisotopic (exact) mass is 317 g/mol. The number of benzene rings is 1. The third kappa shape index (κ3) is 2.95. The third-order valence-corrected chi connectivity index (χ3v) is 4.59. The summed E-state index contributed by atoms with van der Waals surface area (Å²) >= 11 is 13.5. The second-order valence-corrected chi connectivity index (χ2v) is 6.76. The SMILES string of the molecule is CNC(c1cc(C)c(F)c(C)c1)c1cc(Cl)sc1Cl. The van der Waals surface area contributed by atoms with Crippen molar-refractivity contribution in [2.75, 3.05) is 7.05 Å². The lowest BCUT2D eigenvalue weighted by Crippen LogP contribution is -2.18. The summed E-state index contributed by atoms with van der Waals surface area (Å²) in [7, 11) is 1.85. The van der Waals surface area contributed by atoms with Gasteiger partial charge in [-0.15, -0.1) is 11.3 Å². The summed E-state index contributed by atoms with van der Waals surface area (Å²) in [5, 5.41) is 3.20. The van der Waals surface area contributed by atoms with Crippen LogP contribution in [0, 0.1) is 19.7 Å². The number of aryl methyl sites for hydroxylation is 2. The van der Waals surface area contributed by atoms with Crippen LogP contribution in [-0.2, 0) is 0 Å². The van der Waals surface area contributed by atoms with Gasteiger partial charge in [0.1, 0.15) is 5.82 Å². The minimum absolute atomic E-state index is 0.0887. The predicted octanol–water partition coefficient (Wildman–Crippen LogP) is 5.12. The Labute approximate surface area is 126 Å². The maximum absolute atomic E-state index is 13.7. The van der Waals surface area contributed by atoms with E-state index in [1.165, 1.54) is 11.3 Å². The summed E-state index contributed by atoms with van der Waals surface area (Å²) < 4.78 is 15.0. The molecule has 1 N–H and O–H groups in total. The Morgan fingerprint density at radius 1 is 1.16 bits per heavy atom. The molecule has 0 aliphatic carbocycles. The van der Waals surface area contributed by atoms with Gasteiger partial charge < -0.3 is 5.32 Å². The molecule has 0 aliphatic heterocycles. The fraction of sp³-hybridized carbons (Fsp3) is 0.286. The van der Waals surface area contributed by atoms with Crippen molar-refractivity contribution in [1.82, 2.24) is 5.32 Å². The average molecular weight is 318 g/mol. The molecule has 0 fully saturated rings. The quantitative estimate of drug-likeness (QED) is 0.828. The summed E-state index contributed by atoms with van der Waals surface area (Å²) in [6.45, 7) is 3.53. The number of rotatable bonds is 3. The topological polar surface area (TPSA) is 12.0 Å². The van der Waals surface area contributed by atoms with E-state index in [0.29, 0.717) is 19.8 Å². The highest BCUT2D eigenvalue weighted by atomic mass is 35.5. The highest BCUT2D eigenvalue weighted by Gasteiger charge is 2.19. The van der Waals surface area contributed by atoms with Crippen molar-refractivity contribution in [1.29, 1.82) is 0 Å². The van der Waals surface area contributed by atoms with Crippen molar-refractivity contribution in [2.24, 2.45) is 0 Å². The summed E-state index contributed by atoms with van der Waals surface area (Å²) in [5.74, 6) is -0.159. The number of hydrogen-bond donors (Lipinski definition) is 1. The van der Waals surface area contributed by atoms with Crippen molar-refractivity contribution >= 4 is 34.5 Å². The van der Waals surface area contributed by atoms with Crippen molar-refractivity contribution in [3.8, 4) is 0 Å². The van der Waals surface area contributed by atoms with Gasteiger partial charge in [-0.25, -0.2) is 4.39 Å². The Hall–Kier alpha value is -0.610. The van der Waals surface area contributed by atoms with Crippen LogP contribution in [0.2, 0.25) is 8.67 Å². The van der Waals surface area contributed by atoms with Crippen molar-refractivity contribution in [3.05, 3.63) is 54.9 Å². The predicted molar refractivity (Wildman–Crippen MR) is 81.1 cm³/mol. The Morgan fingerprint density at radius 3 is 2.16 bits per heavy atom. The van der Waals surface area contributed by atoms with Crippen LogP contribution in [0.1, 0.15) is 28.3 Å². The highest BCUT2D eigenvalue weighted by molar-refractivity contribution is 7.20. The maximum atomic E-state index is 13.7. The van der Waals surface area contributed by atoms with Gasteiger partial charge in [-0.1, -0.05) is 35.3 Å². The van der Waals surface area contributed by atoms with E-state index >= 15 is 0 Å². The zero-order chi connectivity index (χ0) is 14.2. The molecule has 0 spiro atoms. The number of halogens is 3. The lowest BCUT2D eigenvalue weighted by atomic mass is 9.97. The van der Waals surface area contributed by atoms with Gasteiger partial charge in [0.05, 0.1) is 14.7 Å². The lowest BCUT2D eigenvalue weighted by molar-refractivity contribution is 0.604. The van der Waals surface area contributed by atoms with Crippen LogP contribution in [0.3, 0.4) is 0 Å². The van der Waals surface area contributed by atoms with E-state index in [1.54, 1.807) is 13.8 Å². The van der Waals surface area contributed by atoms with Gasteiger partial charge in [-0.3, -0.25) is 0 Å². The zero-order valence-electron chi connectivity index (χ0n) is 10.9. The maximum Gasteiger partial charge on any atom is 0.129 e. The number of thiophene rings is 1. The molecule has 102 valence electrons. The summed E-state index contributed by atoms with van der Waals surface area (Å²) in [5.41, 5.74) is 3.17. The molecule has 1 aromatic heterocycles. The first kappa shape index (κ1) is 14.8. The molecule has 1 heterocycles. The molecule has 0 aliphatic rings. The van der Waals surface area contributed by atoms with E-state index in [9.17, 15) is 4.39 Å². The molecule has 0 saturated carbocycles. The van der Waals surface area contributed by atoms with Gasteiger partial charge in [-0.2, -0.15) is 0 Å². The van der Waals surface area contributed by atoms with Crippen molar-refractivity contribution in [2.45, 2.75) is 19.9 Å². The van der Waals surface area contributed by atoms with Crippen LogP contribution in [0.5, 0.6) is 0 Å². The first-order chi connectivity index (χ1) is 8.93. The first-order valence-corrected chi connectivity index (χ1v) is 7.40. The lowest BCUT2D eigenvalue weighted by Gasteiger charge is -2.18. The first-order valence-electron chi connectivity index (χ1n) is 5.82. The Kier molecular flexibility index (Phi) is 4.51. The van der Waals surface area contributed by atoms with E-state index in [0.717, 1.165) is 11.1 Å². The highest BCUT2D eigenvalue weighted by Crippen LogP contribution is 2.37. The summed E-state index contributed by atoms with van der Waals surface area (Å²) in [6.07, 6.45) is 0. The number of hydrogen-bond acceptors (Lipinski definition) is 2. The third-order valence-electron chi connectivity index (χ3n) is 3.07. The molecule has 1 nitrogen and oxygen atoms in total. The normalized spacial score (nSPS) is 12.7. The molecular weight excluding hydrogens is 304 g/mol. The molecule has 2 rings (SSSR count). The average Bonchev–Trinajstić information content (AvgIpc) is 2.66. The second-order valence-electron chi connectivity index (χ2n) is 4.47. The van der Waals surface area contributed by atoms with E-state index < -0.39 is 0 Å². The molecule has 0 saturated heterocycles. The molecule has 5 heteroatoms. The van der Waals surface area contributed by atoms with Crippen LogP contribution < -0.4 is 5.32 Å². The molecule has 0 radical (unpaired) electrons. The van der Waals surface area contributed by atoms with Crippen LogP contribution in [0.15, 0.2) is 18.2 Å². The van der Waals surface area contributed by atoms with Gasteiger partial charge in [-0.05, 0) is 43.7 Å². The molecule has 1 unspecified atom stereocenters. The molecule has 1 atom stereocenters. The summed E-state index contributed by atoms with van der Waals surface area (Å²) in [4.78, 5) is 0. The zero-order valence-corrected chi connectivity index (χ0v) is 13.2. The van der Waals surface area contributed by atoms with Gasteiger partial charge >= 0.3 is 0 Å².